The van der Waals surface area contributed by atoms with Crippen LogP contribution in [0.1, 0.15) is 21.9 Å². The van der Waals surface area contributed by atoms with Gasteiger partial charge in [0, 0.05) is 0 Å². The molecule has 0 spiro atoms. The minimum atomic E-state index is -0.443. The van der Waals surface area contributed by atoms with Crippen molar-refractivity contribution in [2.75, 3.05) is 6.79 Å². The molecule has 1 aliphatic heterocycles. The molecule has 0 saturated heterocycles. The molecule has 2 atom stereocenters. The number of hydrogen-bond donors (Lipinski definition) is 0. The molecule has 2 unspecified atom stereocenters. The number of ether oxygens (including phenoxy) is 2. The number of benzene rings is 2. The van der Waals surface area contributed by atoms with Gasteiger partial charge in [-0.3, -0.25) is 0 Å². The third-order valence-corrected chi connectivity index (χ3v) is 5.11. The summed E-state index contributed by atoms with van der Waals surface area (Å²) in [5.74, 6) is 1.39. The molecule has 0 aliphatic carbocycles. The van der Waals surface area contributed by atoms with Gasteiger partial charge in [-0.1, -0.05) is 35.3 Å². The Bertz CT molecular complexity index is 675. The Balaban J connectivity index is 1.86. The minimum absolute atomic E-state index is 0.225. The molecule has 2 aromatic rings. The molecule has 1 aliphatic rings. The van der Waals surface area contributed by atoms with Crippen LogP contribution in [0.25, 0.3) is 0 Å². The molecule has 21 heavy (non-hydrogen) atoms. The Morgan fingerprint density at radius 2 is 1.38 bits per heavy atom. The van der Waals surface area contributed by atoms with Crippen LogP contribution >= 0.6 is 46.4 Å². The summed E-state index contributed by atoms with van der Waals surface area (Å²) < 4.78 is 10.6. The normalized spacial score (nSPS) is 15.8. The van der Waals surface area contributed by atoms with Crippen molar-refractivity contribution in [2.45, 2.75) is 10.8 Å². The van der Waals surface area contributed by atoms with Gasteiger partial charge in [-0.15, -0.1) is 23.2 Å². The van der Waals surface area contributed by atoms with E-state index in [9.17, 15) is 0 Å². The summed E-state index contributed by atoms with van der Waals surface area (Å²) in [6, 6.07) is 10.8. The highest BCUT2D eigenvalue weighted by Gasteiger charge is 2.24. The van der Waals surface area contributed by atoms with Gasteiger partial charge in [0.2, 0.25) is 6.79 Å². The van der Waals surface area contributed by atoms with E-state index >= 15 is 0 Å². The summed E-state index contributed by atoms with van der Waals surface area (Å²) in [4.78, 5) is 0. The number of fused-ring (bicyclic) bond motifs is 1. The maximum atomic E-state index is 6.48. The molecule has 2 aromatic carbocycles. The second kappa shape index (κ2) is 6.13. The molecule has 110 valence electrons. The molecule has 6 heteroatoms. The molecular weight excluding hydrogens is 354 g/mol. The van der Waals surface area contributed by atoms with Gasteiger partial charge in [0.25, 0.3) is 0 Å². The zero-order valence-corrected chi connectivity index (χ0v) is 13.7. The van der Waals surface area contributed by atoms with Crippen LogP contribution in [0.2, 0.25) is 10.0 Å². The van der Waals surface area contributed by atoms with Crippen LogP contribution in [-0.4, -0.2) is 6.79 Å². The fourth-order valence-corrected chi connectivity index (χ4v) is 2.98. The van der Waals surface area contributed by atoms with Crippen LogP contribution in [0.4, 0.5) is 0 Å². The van der Waals surface area contributed by atoms with Crippen LogP contribution in [0.15, 0.2) is 36.4 Å². The van der Waals surface area contributed by atoms with Crippen molar-refractivity contribution in [3.63, 3.8) is 0 Å². The Morgan fingerprint density at radius 1 is 0.762 bits per heavy atom. The van der Waals surface area contributed by atoms with E-state index in [0.29, 0.717) is 21.5 Å². The van der Waals surface area contributed by atoms with E-state index in [1.54, 1.807) is 12.1 Å². The van der Waals surface area contributed by atoms with Gasteiger partial charge in [-0.05, 0) is 35.4 Å². The highest BCUT2D eigenvalue weighted by atomic mass is 35.5. The van der Waals surface area contributed by atoms with Gasteiger partial charge in [-0.2, -0.15) is 0 Å². The van der Waals surface area contributed by atoms with Crippen LogP contribution in [0.3, 0.4) is 0 Å². The van der Waals surface area contributed by atoms with Gasteiger partial charge in [-0.25, -0.2) is 0 Å². The van der Waals surface area contributed by atoms with E-state index in [1.807, 2.05) is 24.3 Å². The second-order valence-electron chi connectivity index (χ2n) is 4.59. The number of hydrogen-bond acceptors (Lipinski definition) is 2. The Labute approximate surface area is 142 Å². The average molecular weight is 364 g/mol. The van der Waals surface area contributed by atoms with Gasteiger partial charge >= 0.3 is 0 Å². The Kier molecular flexibility index (Phi) is 4.41. The molecule has 0 saturated carbocycles. The third-order valence-electron chi connectivity index (χ3n) is 3.23. The molecule has 0 aromatic heterocycles. The predicted molar refractivity (Wildman–Crippen MR) is 86.2 cm³/mol. The van der Waals surface area contributed by atoms with Crippen LogP contribution in [0.5, 0.6) is 11.5 Å². The lowest BCUT2D eigenvalue weighted by molar-refractivity contribution is 0.174. The first kappa shape index (κ1) is 15.1. The molecule has 3 rings (SSSR count). The standard InChI is InChI=1S/C15H10Cl4O2/c16-10-3-1-8(5-11(10)17)14(18)15(19)9-2-4-12-13(6-9)21-7-20-12/h1-6,14-15H,7H2. The molecule has 0 amide bonds. The summed E-state index contributed by atoms with van der Waals surface area (Å²) in [7, 11) is 0. The lowest BCUT2D eigenvalue weighted by atomic mass is 10.0. The predicted octanol–water partition coefficient (Wildman–Crippen LogP) is 5.98. The fraction of sp³-hybridized carbons (Fsp3) is 0.200. The maximum Gasteiger partial charge on any atom is 0.231 e. The lowest BCUT2D eigenvalue weighted by Crippen LogP contribution is -2.00. The molecule has 0 fully saturated rings. The van der Waals surface area contributed by atoms with Crippen molar-refractivity contribution < 1.29 is 9.47 Å². The zero-order chi connectivity index (χ0) is 15.0. The quantitative estimate of drug-likeness (QED) is 0.624. The number of alkyl halides is 2. The van der Waals surface area contributed by atoms with Crippen molar-refractivity contribution in [3.8, 4) is 11.5 Å². The van der Waals surface area contributed by atoms with Crippen molar-refractivity contribution in [3.05, 3.63) is 57.6 Å². The molecule has 2 nitrogen and oxygen atoms in total. The van der Waals surface area contributed by atoms with E-state index in [0.717, 1.165) is 11.1 Å². The van der Waals surface area contributed by atoms with Gasteiger partial charge in [0.15, 0.2) is 11.5 Å². The number of halogens is 4. The monoisotopic (exact) mass is 362 g/mol. The third kappa shape index (κ3) is 3.04. The van der Waals surface area contributed by atoms with Crippen molar-refractivity contribution >= 4 is 46.4 Å². The Morgan fingerprint density at radius 3 is 2.10 bits per heavy atom. The lowest BCUT2D eigenvalue weighted by Gasteiger charge is -2.17. The highest BCUT2D eigenvalue weighted by Crippen LogP contribution is 2.43. The largest absolute Gasteiger partial charge is 0.454 e. The molecule has 0 N–H and O–H groups in total. The zero-order valence-electron chi connectivity index (χ0n) is 10.7. The van der Waals surface area contributed by atoms with Gasteiger partial charge in [0.1, 0.15) is 0 Å². The van der Waals surface area contributed by atoms with E-state index in [1.165, 1.54) is 0 Å². The first-order valence-electron chi connectivity index (χ1n) is 6.19. The van der Waals surface area contributed by atoms with Crippen molar-refractivity contribution in [2.24, 2.45) is 0 Å². The van der Waals surface area contributed by atoms with Crippen molar-refractivity contribution in [1.82, 2.24) is 0 Å². The van der Waals surface area contributed by atoms with Crippen molar-refractivity contribution in [1.29, 1.82) is 0 Å². The Hall–Kier alpha value is -0.800. The van der Waals surface area contributed by atoms with E-state index in [-0.39, 0.29) is 6.79 Å². The highest BCUT2D eigenvalue weighted by molar-refractivity contribution is 6.42. The van der Waals surface area contributed by atoms with Gasteiger partial charge < -0.3 is 9.47 Å². The van der Waals surface area contributed by atoms with E-state index in [2.05, 4.69) is 0 Å². The fourth-order valence-electron chi connectivity index (χ4n) is 2.11. The van der Waals surface area contributed by atoms with E-state index in [4.69, 9.17) is 55.9 Å². The van der Waals surface area contributed by atoms with Gasteiger partial charge in [0.05, 0.1) is 20.8 Å². The number of rotatable bonds is 3. The minimum Gasteiger partial charge on any atom is -0.454 e. The summed E-state index contributed by atoms with van der Waals surface area (Å²) in [6.45, 7) is 0.225. The first-order chi connectivity index (χ1) is 10.1. The molecule has 0 radical (unpaired) electrons. The first-order valence-corrected chi connectivity index (χ1v) is 7.82. The summed E-state index contributed by atoms with van der Waals surface area (Å²) in [5.41, 5.74) is 1.66. The van der Waals surface area contributed by atoms with Crippen LogP contribution in [-0.2, 0) is 0 Å². The molecular formula is C15H10Cl4O2. The van der Waals surface area contributed by atoms with Crippen LogP contribution in [0, 0.1) is 0 Å². The summed E-state index contributed by atoms with van der Waals surface area (Å²) >= 11 is 24.9. The summed E-state index contributed by atoms with van der Waals surface area (Å²) in [6.07, 6.45) is 0. The topological polar surface area (TPSA) is 18.5 Å². The molecule has 0 bridgehead atoms. The molecule has 1 heterocycles. The SMILES string of the molecule is Clc1ccc(C(Cl)C(Cl)c2ccc3c(c2)OCO3)cc1Cl. The summed E-state index contributed by atoms with van der Waals surface area (Å²) in [5, 5.41) is 0.0630. The van der Waals surface area contributed by atoms with E-state index < -0.39 is 10.8 Å². The second-order valence-corrected chi connectivity index (χ2v) is 6.34. The maximum absolute atomic E-state index is 6.48. The average Bonchev–Trinajstić information content (AvgIpc) is 2.96. The van der Waals surface area contributed by atoms with Crippen LogP contribution < -0.4 is 9.47 Å². The smallest absolute Gasteiger partial charge is 0.231 e.